The molecule has 0 aliphatic rings. The lowest BCUT2D eigenvalue weighted by molar-refractivity contribution is 0.628. The van der Waals surface area contributed by atoms with Crippen LogP contribution in [0.3, 0.4) is 0 Å². The second-order valence-electron chi connectivity index (χ2n) is 5.08. The van der Waals surface area contributed by atoms with Crippen LogP contribution in [0.4, 0.5) is 21.7 Å². The Balaban J connectivity index is 1.57. The van der Waals surface area contributed by atoms with Gasteiger partial charge in [0, 0.05) is 18.3 Å². The number of nitrogens with zero attached hydrogens (tertiary/aromatic N) is 2. The second-order valence-corrected chi connectivity index (χ2v) is 5.08. The molecule has 0 fully saturated rings. The van der Waals surface area contributed by atoms with Crippen molar-refractivity contribution in [1.29, 1.82) is 0 Å². The molecule has 0 spiro atoms. The molecule has 0 aliphatic carbocycles. The van der Waals surface area contributed by atoms with E-state index in [1.165, 1.54) is 24.0 Å². The standard InChI is InChI=1S/C18H17FN4/c19-15-6-8-16(9-7-15)23-18-12-17(21-13-22-18)20-11-10-14-4-2-1-3-5-14/h1-9,12-13H,10-11H2,(H2,20,21,22,23). The lowest BCUT2D eigenvalue weighted by atomic mass is 10.1. The summed E-state index contributed by atoms with van der Waals surface area (Å²) in [6.07, 6.45) is 2.42. The average molecular weight is 308 g/mol. The highest BCUT2D eigenvalue weighted by molar-refractivity contribution is 5.58. The van der Waals surface area contributed by atoms with E-state index in [0.29, 0.717) is 5.82 Å². The first-order valence-corrected chi connectivity index (χ1v) is 7.42. The first-order chi connectivity index (χ1) is 11.3. The van der Waals surface area contributed by atoms with E-state index in [4.69, 9.17) is 0 Å². The summed E-state index contributed by atoms with van der Waals surface area (Å²) in [4.78, 5) is 8.37. The Hall–Kier alpha value is -2.95. The summed E-state index contributed by atoms with van der Waals surface area (Å²) in [6, 6.07) is 18.2. The van der Waals surface area contributed by atoms with E-state index in [1.54, 1.807) is 12.1 Å². The summed E-state index contributed by atoms with van der Waals surface area (Å²) < 4.78 is 12.9. The van der Waals surface area contributed by atoms with Gasteiger partial charge in [0.1, 0.15) is 23.8 Å². The van der Waals surface area contributed by atoms with Crippen LogP contribution in [0.15, 0.2) is 67.0 Å². The summed E-state index contributed by atoms with van der Waals surface area (Å²) in [5, 5.41) is 6.40. The van der Waals surface area contributed by atoms with Gasteiger partial charge in [-0.3, -0.25) is 0 Å². The Labute approximate surface area is 134 Å². The fourth-order valence-corrected chi connectivity index (χ4v) is 2.18. The first kappa shape index (κ1) is 15.0. The third-order valence-corrected chi connectivity index (χ3v) is 3.35. The van der Waals surface area contributed by atoms with Gasteiger partial charge in [-0.25, -0.2) is 14.4 Å². The van der Waals surface area contributed by atoms with Crippen LogP contribution >= 0.6 is 0 Å². The number of aromatic nitrogens is 2. The maximum atomic E-state index is 12.9. The average Bonchev–Trinajstić information content (AvgIpc) is 2.58. The zero-order valence-corrected chi connectivity index (χ0v) is 12.5. The van der Waals surface area contributed by atoms with E-state index in [2.05, 4.69) is 32.7 Å². The van der Waals surface area contributed by atoms with E-state index in [-0.39, 0.29) is 5.82 Å². The highest BCUT2D eigenvalue weighted by Gasteiger charge is 2.00. The van der Waals surface area contributed by atoms with Crippen molar-refractivity contribution in [2.45, 2.75) is 6.42 Å². The van der Waals surface area contributed by atoms with Crippen molar-refractivity contribution in [3.05, 3.63) is 78.4 Å². The highest BCUT2D eigenvalue weighted by atomic mass is 19.1. The number of benzene rings is 2. The van der Waals surface area contributed by atoms with E-state index < -0.39 is 0 Å². The van der Waals surface area contributed by atoms with Gasteiger partial charge in [0.05, 0.1) is 0 Å². The molecular formula is C18H17FN4. The van der Waals surface area contributed by atoms with Crippen molar-refractivity contribution in [1.82, 2.24) is 9.97 Å². The van der Waals surface area contributed by atoms with Crippen LogP contribution in [0.2, 0.25) is 0 Å². The van der Waals surface area contributed by atoms with Gasteiger partial charge in [0.15, 0.2) is 0 Å². The van der Waals surface area contributed by atoms with Crippen molar-refractivity contribution < 1.29 is 4.39 Å². The van der Waals surface area contributed by atoms with Gasteiger partial charge in [-0.1, -0.05) is 30.3 Å². The summed E-state index contributed by atoms with van der Waals surface area (Å²) in [5.41, 5.74) is 2.05. The van der Waals surface area contributed by atoms with Crippen molar-refractivity contribution in [3.63, 3.8) is 0 Å². The Morgan fingerprint density at radius 2 is 1.61 bits per heavy atom. The molecule has 116 valence electrons. The molecule has 1 heterocycles. The number of anilines is 3. The van der Waals surface area contributed by atoms with Gasteiger partial charge >= 0.3 is 0 Å². The zero-order chi connectivity index (χ0) is 15.9. The van der Waals surface area contributed by atoms with Crippen molar-refractivity contribution in [2.24, 2.45) is 0 Å². The van der Waals surface area contributed by atoms with Crippen LogP contribution in [-0.2, 0) is 6.42 Å². The minimum Gasteiger partial charge on any atom is -0.370 e. The third-order valence-electron chi connectivity index (χ3n) is 3.35. The van der Waals surface area contributed by atoms with Crippen LogP contribution in [-0.4, -0.2) is 16.5 Å². The fourth-order valence-electron chi connectivity index (χ4n) is 2.18. The smallest absolute Gasteiger partial charge is 0.135 e. The van der Waals surface area contributed by atoms with Crippen molar-refractivity contribution in [2.75, 3.05) is 17.2 Å². The molecule has 3 aromatic rings. The fraction of sp³-hybridized carbons (Fsp3) is 0.111. The van der Waals surface area contributed by atoms with Crippen molar-refractivity contribution in [3.8, 4) is 0 Å². The van der Waals surface area contributed by atoms with Gasteiger partial charge in [0.25, 0.3) is 0 Å². The predicted octanol–water partition coefficient (Wildman–Crippen LogP) is 4.01. The Morgan fingerprint density at radius 3 is 2.39 bits per heavy atom. The van der Waals surface area contributed by atoms with Crippen molar-refractivity contribution >= 4 is 17.3 Å². The van der Waals surface area contributed by atoms with Crippen LogP contribution in [0.25, 0.3) is 0 Å². The molecule has 2 aromatic carbocycles. The van der Waals surface area contributed by atoms with E-state index >= 15 is 0 Å². The Kier molecular flexibility index (Phi) is 4.79. The molecule has 0 saturated carbocycles. The molecule has 0 bridgehead atoms. The largest absolute Gasteiger partial charge is 0.370 e. The molecule has 4 nitrogen and oxygen atoms in total. The van der Waals surface area contributed by atoms with Gasteiger partial charge in [0.2, 0.25) is 0 Å². The molecule has 3 rings (SSSR count). The topological polar surface area (TPSA) is 49.8 Å². The van der Waals surface area contributed by atoms with E-state index in [0.717, 1.165) is 24.5 Å². The zero-order valence-electron chi connectivity index (χ0n) is 12.5. The molecule has 0 aliphatic heterocycles. The SMILES string of the molecule is Fc1ccc(Nc2cc(NCCc3ccccc3)ncn2)cc1. The number of hydrogen-bond donors (Lipinski definition) is 2. The molecule has 23 heavy (non-hydrogen) atoms. The minimum atomic E-state index is -0.262. The van der Waals surface area contributed by atoms with Crippen LogP contribution in [0.1, 0.15) is 5.56 Å². The Morgan fingerprint density at radius 1 is 0.870 bits per heavy atom. The number of hydrogen-bond acceptors (Lipinski definition) is 4. The van der Waals surface area contributed by atoms with E-state index in [9.17, 15) is 4.39 Å². The van der Waals surface area contributed by atoms with E-state index in [1.807, 2.05) is 24.3 Å². The molecular weight excluding hydrogens is 291 g/mol. The molecule has 0 saturated heterocycles. The lowest BCUT2D eigenvalue weighted by Crippen LogP contribution is -2.07. The number of rotatable bonds is 6. The Bertz CT molecular complexity index is 744. The first-order valence-electron chi connectivity index (χ1n) is 7.42. The predicted molar refractivity (Wildman–Crippen MR) is 90.4 cm³/mol. The quantitative estimate of drug-likeness (QED) is 0.722. The molecule has 0 radical (unpaired) electrons. The second kappa shape index (κ2) is 7.35. The lowest BCUT2D eigenvalue weighted by Gasteiger charge is -2.08. The summed E-state index contributed by atoms with van der Waals surface area (Å²) in [5.74, 6) is 1.15. The van der Waals surface area contributed by atoms with Crippen LogP contribution < -0.4 is 10.6 Å². The highest BCUT2D eigenvalue weighted by Crippen LogP contribution is 2.16. The third kappa shape index (κ3) is 4.51. The van der Waals surface area contributed by atoms with Gasteiger partial charge in [-0.15, -0.1) is 0 Å². The summed E-state index contributed by atoms with van der Waals surface area (Å²) >= 11 is 0. The number of nitrogens with one attached hydrogen (secondary N) is 2. The minimum absolute atomic E-state index is 0.262. The molecule has 2 N–H and O–H groups in total. The molecule has 0 amide bonds. The van der Waals surface area contributed by atoms with Gasteiger partial charge < -0.3 is 10.6 Å². The summed E-state index contributed by atoms with van der Waals surface area (Å²) in [6.45, 7) is 0.789. The van der Waals surface area contributed by atoms with Crippen LogP contribution in [0, 0.1) is 5.82 Å². The van der Waals surface area contributed by atoms with Gasteiger partial charge in [-0.05, 0) is 36.2 Å². The maximum Gasteiger partial charge on any atom is 0.135 e. The summed E-state index contributed by atoms with van der Waals surface area (Å²) in [7, 11) is 0. The molecule has 0 unspecified atom stereocenters. The molecule has 1 aromatic heterocycles. The number of halogens is 1. The monoisotopic (exact) mass is 308 g/mol. The molecule has 0 atom stereocenters. The normalized spacial score (nSPS) is 10.3. The van der Waals surface area contributed by atoms with Crippen LogP contribution in [0.5, 0.6) is 0 Å². The van der Waals surface area contributed by atoms with Gasteiger partial charge in [-0.2, -0.15) is 0 Å². The molecule has 5 heteroatoms. The maximum absolute atomic E-state index is 12.9.